The Bertz CT molecular complexity index is 301. The fraction of sp³-hybridized carbons (Fsp3) is 0.588. The molecule has 0 amide bonds. The number of benzene rings is 1. The van der Waals surface area contributed by atoms with Crippen LogP contribution in [0.4, 0.5) is 0 Å². The van der Waals surface area contributed by atoms with Gasteiger partial charge < -0.3 is 0 Å². The predicted octanol–water partition coefficient (Wildman–Crippen LogP) is 5.55. The fourth-order valence-electron chi connectivity index (χ4n) is 2.44. The van der Waals surface area contributed by atoms with Crippen LogP contribution in [0.25, 0.3) is 0 Å². The van der Waals surface area contributed by atoms with Crippen molar-refractivity contribution in [2.45, 2.75) is 65.7 Å². The molecule has 0 N–H and O–H groups in total. The molecule has 1 aromatic carbocycles. The van der Waals surface area contributed by atoms with Gasteiger partial charge in [-0.2, -0.15) is 0 Å². The van der Waals surface area contributed by atoms with Gasteiger partial charge in [0.1, 0.15) is 0 Å². The summed E-state index contributed by atoms with van der Waals surface area (Å²) in [7, 11) is 0. The number of aryl methyl sites for hydroxylation is 1. The molecule has 0 aliphatic carbocycles. The van der Waals surface area contributed by atoms with Gasteiger partial charge in [-0.25, -0.2) is 0 Å². The zero-order valence-corrected chi connectivity index (χ0v) is 11.8. The molecule has 0 aliphatic rings. The van der Waals surface area contributed by atoms with Crippen LogP contribution >= 0.6 is 0 Å². The van der Waals surface area contributed by atoms with Crippen LogP contribution in [-0.4, -0.2) is 0 Å². The quantitative estimate of drug-likeness (QED) is 0.550. The van der Waals surface area contributed by atoms with E-state index < -0.39 is 0 Å². The average Bonchev–Trinajstić information content (AvgIpc) is 2.36. The van der Waals surface area contributed by atoms with Gasteiger partial charge in [0.15, 0.2) is 0 Å². The van der Waals surface area contributed by atoms with Crippen LogP contribution < -0.4 is 0 Å². The molecule has 0 atom stereocenters. The van der Waals surface area contributed by atoms with E-state index in [0.717, 1.165) is 0 Å². The molecule has 1 rings (SSSR count). The predicted molar refractivity (Wildman–Crippen MR) is 77.2 cm³/mol. The summed E-state index contributed by atoms with van der Waals surface area (Å²) < 4.78 is 0. The van der Waals surface area contributed by atoms with E-state index in [0.29, 0.717) is 0 Å². The first kappa shape index (κ1) is 14.3. The second-order valence-electron chi connectivity index (χ2n) is 4.86. The lowest BCUT2D eigenvalue weighted by Gasteiger charge is -2.19. The van der Waals surface area contributed by atoms with Gasteiger partial charge in [-0.1, -0.05) is 70.7 Å². The number of hydrogen-bond acceptors (Lipinski definition) is 0. The molecule has 0 nitrogen and oxygen atoms in total. The van der Waals surface area contributed by atoms with Crippen LogP contribution in [0.15, 0.2) is 24.3 Å². The van der Waals surface area contributed by atoms with Crippen LogP contribution in [0.1, 0.15) is 70.4 Å². The molecule has 95 valence electrons. The number of hydrogen-bond donors (Lipinski definition) is 0. The second kappa shape index (κ2) is 8.33. The van der Waals surface area contributed by atoms with E-state index in [-0.39, 0.29) is 0 Å². The Morgan fingerprint density at radius 1 is 0.882 bits per heavy atom. The summed E-state index contributed by atoms with van der Waals surface area (Å²) in [6.45, 7) is 6.83. The van der Waals surface area contributed by atoms with E-state index in [9.17, 15) is 0 Å². The highest BCUT2D eigenvalue weighted by Crippen LogP contribution is 2.29. The van der Waals surface area contributed by atoms with Crippen molar-refractivity contribution in [2.24, 2.45) is 0 Å². The summed E-state index contributed by atoms with van der Waals surface area (Å²) >= 11 is 0. The molecule has 0 heteroatoms. The molecular weight excluding hydrogens is 204 g/mol. The molecule has 17 heavy (non-hydrogen) atoms. The lowest BCUT2D eigenvalue weighted by molar-refractivity contribution is 0.676. The lowest BCUT2D eigenvalue weighted by atomic mass is 9.85. The van der Waals surface area contributed by atoms with E-state index in [4.69, 9.17) is 0 Å². The van der Waals surface area contributed by atoms with Crippen molar-refractivity contribution in [3.8, 4) is 0 Å². The van der Waals surface area contributed by atoms with Crippen LogP contribution in [0.2, 0.25) is 0 Å². The normalized spacial score (nSPS) is 11.1. The summed E-state index contributed by atoms with van der Waals surface area (Å²) in [5.74, 6) is 1.68. The van der Waals surface area contributed by atoms with Gasteiger partial charge in [0, 0.05) is 5.92 Å². The standard InChI is InChI=1S/C17H27/c1-4-7-12-15(10-5-2)17-14-9-8-13-16(17)11-6-3/h8-9,13-14H,4-7,10-12H2,1-3H3. The molecule has 0 aliphatic heterocycles. The molecule has 0 saturated carbocycles. The van der Waals surface area contributed by atoms with Crippen LogP contribution in [0, 0.1) is 5.92 Å². The summed E-state index contributed by atoms with van der Waals surface area (Å²) in [6.07, 6.45) is 8.89. The minimum Gasteiger partial charge on any atom is -0.0654 e. The Morgan fingerprint density at radius 2 is 1.65 bits per heavy atom. The van der Waals surface area contributed by atoms with Gasteiger partial charge in [-0.3, -0.25) is 0 Å². The van der Waals surface area contributed by atoms with Crippen molar-refractivity contribution in [1.29, 1.82) is 0 Å². The van der Waals surface area contributed by atoms with Gasteiger partial charge in [0.25, 0.3) is 0 Å². The van der Waals surface area contributed by atoms with Crippen LogP contribution in [0.3, 0.4) is 0 Å². The summed E-state index contributed by atoms with van der Waals surface area (Å²) in [5.41, 5.74) is 3.10. The Hall–Kier alpha value is -0.780. The van der Waals surface area contributed by atoms with E-state index in [2.05, 4.69) is 45.0 Å². The minimum atomic E-state index is 1.22. The molecule has 0 aromatic heterocycles. The molecule has 0 heterocycles. The Labute approximate surface area is 107 Å². The third-order valence-electron chi connectivity index (χ3n) is 3.30. The molecule has 0 bridgehead atoms. The molecular formula is C17H27. The molecule has 1 aromatic rings. The number of rotatable bonds is 8. The van der Waals surface area contributed by atoms with E-state index in [1.165, 1.54) is 44.9 Å². The summed E-state index contributed by atoms with van der Waals surface area (Å²) in [4.78, 5) is 0. The van der Waals surface area contributed by atoms with Crippen molar-refractivity contribution in [3.63, 3.8) is 0 Å². The third kappa shape index (κ3) is 4.53. The Kier molecular flexibility index (Phi) is 7.00. The molecule has 0 saturated heterocycles. The first-order chi connectivity index (χ1) is 8.33. The maximum absolute atomic E-state index is 2.33. The molecule has 0 fully saturated rings. The maximum Gasteiger partial charge on any atom is 0.00525 e. The highest BCUT2D eigenvalue weighted by molar-refractivity contribution is 5.38. The second-order valence-corrected chi connectivity index (χ2v) is 4.86. The van der Waals surface area contributed by atoms with Crippen molar-refractivity contribution in [1.82, 2.24) is 0 Å². The highest BCUT2D eigenvalue weighted by Gasteiger charge is 2.13. The SMILES string of the molecule is CCCC[C](CCC)c1ccccc1CCC. The smallest absolute Gasteiger partial charge is 0.00525 e. The summed E-state index contributed by atoms with van der Waals surface area (Å²) in [6, 6.07) is 9.00. The minimum absolute atomic E-state index is 1.22. The Balaban J connectivity index is 2.83. The van der Waals surface area contributed by atoms with Gasteiger partial charge in [0.05, 0.1) is 0 Å². The molecule has 0 unspecified atom stereocenters. The van der Waals surface area contributed by atoms with Crippen molar-refractivity contribution in [3.05, 3.63) is 41.3 Å². The van der Waals surface area contributed by atoms with Crippen molar-refractivity contribution < 1.29 is 0 Å². The van der Waals surface area contributed by atoms with E-state index in [1.54, 1.807) is 17.0 Å². The first-order valence-electron chi connectivity index (χ1n) is 7.26. The van der Waals surface area contributed by atoms with E-state index >= 15 is 0 Å². The van der Waals surface area contributed by atoms with Crippen LogP contribution in [-0.2, 0) is 6.42 Å². The van der Waals surface area contributed by atoms with Gasteiger partial charge in [-0.15, -0.1) is 0 Å². The monoisotopic (exact) mass is 231 g/mol. The Morgan fingerprint density at radius 3 is 2.29 bits per heavy atom. The topological polar surface area (TPSA) is 0 Å². The maximum atomic E-state index is 2.33. The highest BCUT2D eigenvalue weighted by atomic mass is 14.2. The largest absolute Gasteiger partial charge is 0.0654 e. The fourth-order valence-corrected chi connectivity index (χ4v) is 2.44. The van der Waals surface area contributed by atoms with Crippen molar-refractivity contribution >= 4 is 0 Å². The van der Waals surface area contributed by atoms with Crippen molar-refractivity contribution in [2.75, 3.05) is 0 Å². The molecule has 1 radical (unpaired) electrons. The van der Waals surface area contributed by atoms with Gasteiger partial charge in [-0.05, 0) is 30.4 Å². The zero-order valence-electron chi connectivity index (χ0n) is 11.8. The number of unbranched alkanes of at least 4 members (excludes halogenated alkanes) is 1. The van der Waals surface area contributed by atoms with Gasteiger partial charge >= 0.3 is 0 Å². The third-order valence-corrected chi connectivity index (χ3v) is 3.30. The first-order valence-corrected chi connectivity index (χ1v) is 7.26. The summed E-state index contributed by atoms with van der Waals surface area (Å²) in [5, 5.41) is 0. The lowest BCUT2D eigenvalue weighted by Crippen LogP contribution is -2.04. The average molecular weight is 231 g/mol. The van der Waals surface area contributed by atoms with Crippen LogP contribution in [0.5, 0.6) is 0 Å². The van der Waals surface area contributed by atoms with Gasteiger partial charge in [0.2, 0.25) is 0 Å². The zero-order chi connectivity index (χ0) is 12.5. The molecule has 0 spiro atoms. The van der Waals surface area contributed by atoms with E-state index in [1.807, 2.05) is 0 Å².